The normalized spacial score (nSPS) is 12.6. The molecule has 0 aliphatic rings. The number of aromatic nitrogens is 1. The maximum Gasteiger partial charge on any atom is 0.146 e. The third-order valence-corrected chi connectivity index (χ3v) is 4.06. The molecule has 1 aromatic carbocycles. The Morgan fingerprint density at radius 1 is 1.44 bits per heavy atom. The van der Waals surface area contributed by atoms with E-state index < -0.39 is 0 Å². The highest BCUT2D eigenvalue weighted by Crippen LogP contribution is 2.26. The lowest BCUT2D eigenvalue weighted by atomic mass is 10.0. The van der Waals surface area contributed by atoms with Crippen molar-refractivity contribution >= 4 is 44.2 Å². The topological polar surface area (TPSA) is 30.0 Å². The zero-order valence-electron chi connectivity index (χ0n) is 9.99. The van der Waals surface area contributed by atoms with Crippen LogP contribution >= 0.6 is 27.5 Å². The van der Waals surface area contributed by atoms with Crippen molar-refractivity contribution < 1.29 is 4.79 Å². The second-order valence-corrected chi connectivity index (χ2v) is 5.61. The van der Waals surface area contributed by atoms with Crippen molar-refractivity contribution in [3.05, 3.63) is 41.0 Å². The summed E-state index contributed by atoms with van der Waals surface area (Å²) in [6.45, 7) is 1.87. The Morgan fingerprint density at radius 3 is 2.94 bits per heavy atom. The summed E-state index contributed by atoms with van der Waals surface area (Å²) < 4.78 is 0. The van der Waals surface area contributed by atoms with Crippen LogP contribution < -0.4 is 0 Å². The van der Waals surface area contributed by atoms with E-state index in [1.165, 1.54) is 0 Å². The third-order valence-electron chi connectivity index (χ3n) is 2.90. The highest BCUT2D eigenvalue weighted by molar-refractivity contribution is 9.10. The molecule has 94 valence electrons. The number of carbonyl (C=O) groups excluding carboxylic acids is 1. The average Bonchev–Trinajstić information content (AvgIpc) is 2.41. The Labute approximate surface area is 119 Å². The number of alkyl halides is 1. The number of ketones is 1. The van der Waals surface area contributed by atoms with E-state index in [-0.39, 0.29) is 10.6 Å². The first kappa shape index (κ1) is 13.5. The summed E-state index contributed by atoms with van der Waals surface area (Å²) in [6.07, 6.45) is 2.92. The van der Waals surface area contributed by atoms with Gasteiger partial charge in [-0.25, -0.2) is 0 Å². The van der Waals surface area contributed by atoms with Crippen LogP contribution in [0.25, 0.3) is 10.9 Å². The first-order chi connectivity index (χ1) is 8.63. The molecule has 0 bridgehead atoms. The zero-order chi connectivity index (χ0) is 13.1. The molecule has 0 aliphatic heterocycles. The fraction of sp³-hybridized carbons (Fsp3) is 0.286. The van der Waals surface area contributed by atoms with E-state index in [4.69, 9.17) is 11.6 Å². The van der Waals surface area contributed by atoms with Gasteiger partial charge in [-0.2, -0.15) is 0 Å². The molecule has 0 saturated carbocycles. The van der Waals surface area contributed by atoms with Crippen LogP contribution in [0.15, 0.2) is 30.5 Å². The molecule has 4 heteroatoms. The third kappa shape index (κ3) is 2.73. The predicted octanol–water partition coefficient (Wildman–Crippen LogP) is 4.17. The molecule has 0 radical (unpaired) electrons. The van der Waals surface area contributed by atoms with Gasteiger partial charge in [-0.3, -0.25) is 9.78 Å². The van der Waals surface area contributed by atoms with Gasteiger partial charge in [-0.05, 0) is 30.2 Å². The first-order valence-corrected chi connectivity index (χ1v) is 7.11. The molecule has 1 aromatic heterocycles. The lowest BCUT2D eigenvalue weighted by Gasteiger charge is -2.10. The van der Waals surface area contributed by atoms with Gasteiger partial charge in [0.05, 0.1) is 10.3 Å². The van der Waals surface area contributed by atoms with Crippen molar-refractivity contribution in [3.8, 4) is 0 Å². The van der Waals surface area contributed by atoms with Crippen molar-refractivity contribution in [1.82, 2.24) is 4.98 Å². The van der Waals surface area contributed by atoms with Crippen LogP contribution in [0.4, 0.5) is 0 Å². The van der Waals surface area contributed by atoms with Gasteiger partial charge in [0, 0.05) is 23.0 Å². The summed E-state index contributed by atoms with van der Waals surface area (Å²) in [5, 5.41) is 1.62. The average molecular weight is 327 g/mol. The van der Waals surface area contributed by atoms with Crippen LogP contribution in [0.3, 0.4) is 0 Å². The van der Waals surface area contributed by atoms with E-state index in [9.17, 15) is 4.79 Å². The lowest BCUT2D eigenvalue weighted by Crippen LogP contribution is -2.15. The molecule has 1 heterocycles. The minimum atomic E-state index is -0.158. The van der Waals surface area contributed by atoms with Crippen LogP contribution in [0, 0.1) is 0 Å². The standard InChI is InChI=1S/C14H13BrClNO/c1-2-13(18)11(15)8-9-5-6-12(16)10-4-3-7-17-14(9)10/h3-7,11H,2,8H2,1H3. The summed E-state index contributed by atoms with van der Waals surface area (Å²) in [6, 6.07) is 7.60. The monoisotopic (exact) mass is 325 g/mol. The second-order valence-electron chi connectivity index (χ2n) is 4.10. The number of rotatable bonds is 4. The zero-order valence-corrected chi connectivity index (χ0v) is 12.3. The lowest BCUT2D eigenvalue weighted by molar-refractivity contribution is -0.118. The second kappa shape index (κ2) is 5.81. The van der Waals surface area contributed by atoms with Crippen molar-refractivity contribution in [2.45, 2.75) is 24.6 Å². The van der Waals surface area contributed by atoms with Gasteiger partial charge in [0.15, 0.2) is 0 Å². The predicted molar refractivity (Wildman–Crippen MR) is 78.5 cm³/mol. The van der Waals surface area contributed by atoms with E-state index >= 15 is 0 Å². The Hall–Kier alpha value is -0.930. The molecule has 18 heavy (non-hydrogen) atoms. The van der Waals surface area contributed by atoms with Crippen LogP contribution in [-0.4, -0.2) is 15.6 Å². The summed E-state index contributed by atoms with van der Waals surface area (Å²) in [5.41, 5.74) is 1.91. The number of hydrogen-bond acceptors (Lipinski definition) is 2. The van der Waals surface area contributed by atoms with E-state index in [1.54, 1.807) is 6.20 Å². The molecular formula is C14H13BrClNO. The summed E-state index contributed by atoms with van der Waals surface area (Å²) in [7, 11) is 0. The fourth-order valence-electron chi connectivity index (χ4n) is 1.89. The minimum absolute atomic E-state index is 0.158. The Bertz CT molecular complexity index is 585. The van der Waals surface area contributed by atoms with Crippen molar-refractivity contribution in [1.29, 1.82) is 0 Å². The van der Waals surface area contributed by atoms with Crippen LogP contribution in [0.2, 0.25) is 5.02 Å². The maximum atomic E-state index is 11.6. The van der Waals surface area contributed by atoms with Crippen LogP contribution in [0.5, 0.6) is 0 Å². The van der Waals surface area contributed by atoms with Gasteiger partial charge in [0.25, 0.3) is 0 Å². The van der Waals surface area contributed by atoms with E-state index in [0.717, 1.165) is 16.5 Å². The molecule has 0 N–H and O–H groups in total. The summed E-state index contributed by atoms with van der Waals surface area (Å²) in [4.78, 5) is 15.8. The van der Waals surface area contributed by atoms with Crippen molar-refractivity contribution in [2.24, 2.45) is 0 Å². The summed E-state index contributed by atoms with van der Waals surface area (Å²) in [5.74, 6) is 0.203. The number of halogens is 2. The number of fused-ring (bicyclic) bond motifs is 1. The fourth-order valence-corrected chi connectivity index (χ4v) is 2.78. The Kier molecular flexibility index (Phi) is 4.36. The minimum Gasteiger partial charge on any atom is -0.298 e. The van der Waals surface area contributed by atoms with Gasteiger partial charge < -0.3 is 0 Å². The van der Waals surface area contributed by atoms with Crippen molar-refractivity contribution in [2.75, 3.05) is 0 Å². The molecule has 1 unspecified atom stereocenters. The molecule has 0 spiro atoms. The van der Waals surface area contributed by atoms with Crippen LogP contribution in [0.1, 0.15) is 18.9 Å². The smallest absolute Gasteiger partial charge is 0.146 e. The molecule has 2 aromatic rings. The quantitative estimate of drug-likeness (QED) is 0.789. The molecule has 2 nitrogen and oxygen atoms in total. The number of benzene rings is 1. The highest BCUT2D eigenvalue weighted by atomic mass is 79.9. The number of carbonyl (C=O) groups is 1. The largest absolute Gasteiger partial charge is 0.298 e. The highest BCUT2D eigenvalue weighted by Gasteiger charge is 2.15. The molecule has 2 rings (SSSR count). The molecule has 1 atom stereocenters. The van der Waals surface area contributed by atoms with Gasteiger partial charge in [0.1, 0.15) is 5.78 Å². The maximum absolute atomic E-state index is 11.6. The van der Waals surface area contributed by atoms with E-state index in [2.05, 4.69) is 20.9 Å². The van der Waals surface area contributed by atoms with Gasteiger partial charge in [0.2, 0.25) is 0 Å². The number of Topliss-reactive ketones (excluding diaryl/α,β-unsaturated/α-hetero) is 1. The molecule has 0 amide bonds. The number of nitrogens with zero attached hydrogens (tertiary/aromatic N) is 1. The Morgan fingerprint density at radius 2 is 2.22 bits per heavy atom. The molecule has 0 saturated heterocycles. The van der Waals surface area contributed by atoms with E-state index in [1.807, 2.05) is 31.2 Å². The molecule has 0 fully saturated rings. The van der Waals surface area contributed by atoms with Crippen molar-refractivity contribution in [3.63, 3.8) is 0 Å². The van der Waals surface area contributed by atoms with Gasteiger partial charge in [-0.1, -0.05) is 40.5 Å². The molecular weight excluding hydrogens is 314 g/mol. The Balaban J connectivity index is 2.40. The van der Waals surface area contributed by atoms with Gasteiger partial charge >= 0.3 is 0 Å². The van der Waals surface area contributed by atoms with Gasteiger partial charge in [-0.15, -0.1) is 0 Å². The van der Waals surface area contributed by atoms with E-state index in [0.29, 0.717) is 17.9 Å². The first-order valence-electron chi connectivity index (χ1n) is 5.82. The molecule has 0 aliphatic carbocycles. The van der Waals surface area contributed by atoms with Crippen LogP contribution in [-0.2, 0) is 11.2 Å². The number of hydrogen-bond donors (Lipinski definition) is 0. The number of pyridine rings is 1. The SMILES string of the molecule is CCC(=O)C(Br)Cc1ccc(Cl)c2cccnc12. The summed E-state index contributed by atoms with van der Waals surface area (Å²) >= 11 is 9.57.